The molecule has 2 N–H and O–H groups in total. The second-order valence-corrected chi connectivity index (χ2v) is 3.10. The topological polar surface area (TPSA) is 44.5 Å². The zero-order valence-electron chi connectivity index (χ0n) is 8.29. The van der Waals surface area contributed by atoms with E-state index >= 15 is 0 Å². The molecule has 0 saturated heterocycles. The maximum absolute atomic E-state index is 12.9. The first-order chi connectivity index (χ1) is 6.61. The molecule has 78 valence electrons. The number of hydrogen-bond acceptors (Lipinski definition) is 3. The molecule has 0 heterocycles. The van der Waals surface area contributed by atoms with Crippen molar-refractivity contribution in [1.29, 1.82) is 0 Å². The Morgan fingerprint density at radius 2 is 2.14 bits per heavy atom. The summed E-state index contributed by atoms with van der Waals surface area (Å²) in [7, 11) is 1.58. The molecule has 1 atom stereocenters. The quantitative estimate of drug-likeness (QED) is 0.752. The fourth-order valence-electron chi connectivity index (χ4n) is 1.15. The first-order valence-corrected chi connectivity index (χ1v) is 4.33. The van der Waals surface area contributed by atoms with Gasteiger partial charge in [-0.2, -0.15) is 0 Å². The summed E-state index contributed by atoms with van der Waals surface area (Å²) in [5, 5.41) is 0. The van der Waals surface area contributed by atoms with E-state index in [0.717, 1.165) is 0 Å². The maximum Gasteiger partial charge on any atom is 0.128 e. The van der Waals surface area contributed by atoms with Gasteiger partial charge in [0.2, 0.25) is 0 Å². The average molecular weight is 199 g/mol. The highest BCUT2D eigenvalue weighted by atomic mass is 19.1. The summed E-state index contributed by atoms with van der Waals surface area (Å²) < 4.78 is 23.1. The van der Waals surface area contributed by atoms with Gasteiger partial charge in [0.1, 0.15) is 17.7 Å². The predicted octanol–water partition coefficient (Wildman–Crippen LogP) is 1.82. The zero-order valence-corrected chi connectivity index (χ0v) is 8.29. The largest absolute Gasteiger partial charge is 0.488 e. The number of rotatable bonds is 4. The van der Waals surface area contributed by atoms with E-state index in [-0.39, 0.29) is 6.10 Å². The Balaban J connectivity index is 2.66. The van der Waals surface area contributed by atoms with Gasteiger partial charge in [0.05, 0.1) is 6.61 Å². The molecule has 0 aliphatic carbocycles. The number of ether oxygens (including phenoxy) is 2. The number of nitrogen functional groups attached to an aromatic ring is 1. The normalized spacial score (nSPS) is 12.5. The minimum atomic E-state index is -0.399. The van der Waals surface area contributed by atoms with Crippen LogP contribution in [0.25, 0.3) is 0 Å². The van der Waals surface area contributed by atoms with Crippen molar-refractivity contribution in [2.24, 2.45) is 0 Å². The summed E-state index contributed by atoms with van der Waals surface area (Å²) in [5.74, 6) is 0.0247. The van der Waals surface area contributed by atoms with Crippen LogP contribution in [0.5, 0.6) is 5.75 Å². The van der Waals surface area contributed by atoms with Crippen molar-refractivity contribution >= 4 is 5.69 Å². The molecule has 1 aromatic carbocycles. The summed E-state index contributed by atoms with van der Waals surface area (Å²) >= 11 is 0. The van der Waals surface area contributed by atoms with Gasteiger partial charge in [0, 0.05) is 24.9 Å². The molecular weight excluding hydrogens is 185 g/mol. The SMILES string of the molecule is COCC(C)Oc1cc(N)cc(F)c1. The first-order valence-electron chi connectivity index (χ1n) is 4.33. The van der Waals surface area contributed by atoms with Gasteiger partial charge in [-0.05, 0) is 13.0 Å². The summed E-state index contributed by atoms with van der Waals surface area (Å²) in [6, 6.07) is 4.12. The van der Waals surface area contributed by atoms with E-state index in [9.17, 15) is 4.39 Å². The maximum atomic E-state index is 12.9. The number of hydrogen-bond donors (Lipinski definition) is 1. The fraction of sp³-hybridized carbons (Fsp3) is 0.400. The average Bonchev–Trinajstić information content (AvgIpc) is 2.01. The third kappa shape index (κ3) is 3.22. The third-order valence-corrected chi connectivity index (χ3v) is 1.63. The second-order valence-electron chi connectivity index (χ2n) is 3.10. The number of benzene rings is 1. The van der Waals surface area contributed by atoms with Crippen molar-refractivity contribution in [1.82, 2.24) is 0 Å². The molecule has 1 unspecified atom stereocenters. The van der Waals surface area contributed by atoms with Crippen LogP contribution in [0.3, 0.4) is 0 Å². The van der Waals surface area contributed by atoms with E-state index in [4.69, 9.17) is 15.2 Å². The standard InChI is InChI=1S/C10H14FNO2/c1-7(6-13-2)14-10-4-8(11)3-9(12)5-10/h3-5,7H,6,12H2,1-2H3. The zero-order chi connectivity index (χ0) is 10.6. The van der Waals surface area contributed by atoms with Crippen LogP contribution in [0.4, 0.5) is 10.1 Å². The molecule has 0 fully saturated rings. The minimum Gasteiger partial charge on any atom is -0.488 e. The van der Waals surface area contributed by atoms with Crippen molar-refractivity contribution in [3.8, 4) is 5.75 Å². The van der Waals surface area contributed by atoms with Gasteiger partial charge in [-0.1, -0.05) is 0 Å². The van der Waals surface area contributed by atoms with E-state index < -0.39 is 5.82 Å². The molecule has 0 spiro atoms. The Kier molecular flexibility index (Phi) is 3.71. The number of halogens is 1. The Morgan fingerprint density at radius 1 is 1.43 bits per heavy atom. The molecule has 3 nitrogen and oxygen atoms in total. The van der Waals surface area contributed by atoms with Crippen molar-refractivity contribution < 1.29 is 13.9 Å². The molecule has 14 heavy (non-hydrogen) atoms. The molecular formula is C10H14FNO2. The molecule has 0 aromatic heterocycles. The highest BCUT2D eigenvalue weighted by molar-refractivity contribution is 5.44. The minimum absolute atomic E-state index is 0.124. The van der Waals surface area contributed by atoms with E-state index in [1.807, 2.05) is 6.92 Å². The summed E-state index contributed by atoms with van der Waals surface area (Å²) in [6.45, 7) is 2.29. The van der Waals surface area contributed by atoms with Crippen molar-refractivity contribution in [3.05, 3.63) is 24.0 Å². The predicted molar refractivity (Wildman–Crippen MR) is 52.8 cm³/mol. The Labute approximate surface area is 82.6 Å². The van der Waals surface area contributed by atoms with Crippen LogP contribution in [0.15, 0.2) is 18.2 Å². The van der Waals surface area contributed by atoms with Crippen molar-refractivity contribution in [2.75, 3.05) is 19.5 Å². The Morgan fingerprint density at radius 3 is 2.71 bits per heavy atom. The van der Waals surface area contributed by atoms with Crippen LogP contribution in [-0.4, -0.2) is 19.8 Å². The fourth-order valence-corrected chi connectivity index (χ4v) is 1.15. The van der Waals surface area contributed by atoms with Crippen LogP contribution in [0, 0.1) is 5.82 Å². The number of nitrogens with two attached hydrogens (primary N) is 1. The van der Waals surface area contributed by atoms with Gasteiger partial charge in [-0.15, -0.1) is 0 Å². The van der Waals surface area contributed by atoms with Gasteiger partial charge < -0.3 is 15.2 Å². The second kappa shape index (κ2) is 4.81. The molecule has 1 rings (SSSR count). The third-order valence-electron chi connectivity index (χ3n) is 1.63. The molecule has 4 heteroatoms. The van der Waals surface area contributed by atoms with Gasteiger partial charge in [0.25, 0.3) is 0 Å². The summed E-state index contributed by atoms with van der Waals surface area (Å²) in [4.78, 5) is 0. The Hall–Kier alpha value is -1.29. The lowest BCUT2D eigenvalue weighted by Gasteiger charge is -2.13. The molecule has 0 saturated carbocycles. The molecule has 0 aliphatic rings. The summed E-state index contributed by atoms with van der Waals surface area (Å²) in [6.07, 6.45) is -0.124. The smallest absolute Gasteiger partial charge is 0.128 e. The lowest BCUT2D eigenvalue weighted by molar-refractivity contribution is 0.0919. The molecule has 0 amide bonds. The van der Waals surface area contributed by atoms with Crippen LogP contribution < -0.4 is 10.5 Å². The van der Waals surface area contributed by atoms with Gasteiger partial charge in [-0.3, -0.25) is 0 Å². The van der Waals surface area contributed by atoms with Gasteiger partial charge in [-0.25, -0.2) is 4.39 Å². The van der Waals surface area contributed by atoms with E-state index in [2.05, 4.69) is 0 Å². The number of anilines is 1. The van der Waals surface area contributed by atoms with Crippen molar-refractivity contribution in [3.63, 3.8) is 0 Å². The van der Waals surface area contributed by atoms with Crippen molar-refractivity contribution in [2.45, 2.75) is 13.0 Å². The molecule has 0 radical (unpaired) electrons. The molecule has 0 aliphatic heterocycles. The van der Waals surface area contributed by atoms with Crippen LogP contribution in [0.2, 0.25) is 0 Å². The summed E-state index contributed by atoms with van der Waals surface area (Å²) in [5.41, 5.74) is 5.81. The highest BCUT2D eigenvalue weighted by Crippen LogP contribution is 2.18. The van der Waals surface area contributed by atoms with Crippen LogP contribution in [0.1, 0.15) is 6.92 Å². The van der Waals surface area contributed by atoms with E-state index in [0.29, 0.717) is 18.0 Å². The van der Waals surface area contributed by atoms with E-state index in [1.165, 1.54) is 12.1 Å². The van der Waals surface area contributed by atoms with Gasteiger partial charge >= 0.3 is 0 Å². The first kappa shape index (κ1) is 10.8. The molecule has 1 aromatic rings. The highest BCUT2D eigenvalue weighted by Gasteiger charge is 2.05. The Bertz CT molecular complexity index is 284. The lowest BCUT2D eigenvalue weighted by Crippen LogP contribution is -2.18. The van der Waals surface area contributed by atoms with E-state index in [1.54, 1.807) is 13.2 Å². The monoisotopic (exact) mass is 199 g/mol. The van der Waals surface area contributed by atoms with Crippen LogP contribution in [-0.2, 0) is 4.74 Å². The van der Waals surface area contributed by atoms with Crippen LogP contribution >= 0.6 is 0 Å². The molecule has 0 bridgehead atoms. The van der Waals surface area contributed by atoms with Gasteiger partial charge in [0.15, 0.2) is 0 Å². The number of methoxy groups -OCH3 is 1. The lowest BCUT2D eigenvalue weighted by atomic mass is 10.3.